The quantitative estimate of drug-likeness (QED) is 0.757. The van der Waals surface area contributed by atoms with Crippen LogP contribution in [0.2, 0.25) is 0 Å². The predicted octanol–water partition coefficient (Wildman–Crippen LogP) is 3.62. The summed E-state index contributed by atoms with van der Waals surface area (Å²) in [5.74, 6) is -0.342. The first kappa shape index (κ1) is 15.8. The Morgan fingerprint density at radius 3 is 2.62 bits per heavy atom. The SMILES string of the molecule is Cn1ccc(COc2c(Br)cc(/C=C/C(=O)O)cc2Br)n1. The Morgan fingerprint density at radius 2 is 2.10 bits per heavy atom. The van der Waals surface area contributed by atoms with Crippen LogP contribution < -0.4 is 4.74 Å². The predicted molar refractivity (Wildman–Crippen MR) is 86.1 cm³/mol. The molecule has 7 heteroatoms. The summed E-state index contributed by atoms with van der Waals surface area (Å²) >= 11 is 6.84. The van der Waals surface area contributed by atoms with E-state index in [1.54, 1.807) is 16.8 Å². The van der Waals surface area contributed by atoms with Gasteiger partial charge < -0.3 is 9.84 Å². The summed E-state index contributed by atoms with van der Waals surface area (Å²) in [4.78, 5) is 10.5. The summed E-state index contributed by atoms with van der Waals surface area (Å²) in [6, 6.07) is 5.46. The van der Waals surface area contributed by atoms with Gasteiger partial charge in [0.25, 0.3) is 0 Å². The average molecular weight is 416 g/mol. The third-order valence-electron chi connectivity index (χ3n) is 2.57. The van der Waals surface area contributed by atoms with Crippen molar-refractivity contribution in [3.8, 4) is 5.75 Å². The molecule has 0 atom stereocenters. The van der Waals surface area contributed by atoms with Crippen LogP contribution in [-0.2, 0) is 18.4 Å². The summed E-state index contributed by atoms with van der Waals surface area (Å²) in [6.07, 6.45) is 4.45. The van der Waals surface area contributed by atoms with Crippen LogP contribution in [0.4, 0.5) is 0 Å². The maximum Gasteiger partial charge on any atom is 0.328 e. The van der Waals surface area contributed by atoms with Crippen LogP contribution in [0.5, 0.6) is 5.75 Å². The van der Waals surface area contributed by atoms with E-state index in [1.807, 2.05) is 19.3 Å². The minimum absolute atomic E-state index is 0.350. The minimum Gasteiger partial charge on any atom is -0.485 e. The van der Waals surface area contributed by atoms with Gasteiger partial charge in [-0.2, -0.15) is 5.10 Å². The Kier molecular flexibility index (Phi) is 5.19. The van der Waals surface area contributed by atoms with Gasteiger partial charge >= 0.3 is 5.97 Å². The molecule has 0 amide bonds. The molecule has 2 aromatic rings. The molecule has 5 nitrogen and oxygen atoms in total. The number of carbonyl (C=O) groups is 1. The first-order valence-electron chi connectivity index (χ1n) is 5.97. The monoisotopic (exact) mass is 414 g/mol. The summed E-state index contributed by atoms with van der Waals surface area (Å²) in [5.41, 5.74) is 1.58. The Balaban J connectivity index is 2.15. The third kappa shape index (κ3) is 4.44. The molecule has 1 heterocycles. The number of ether oxygens (including phenoxy) is 1. The molecule has 0 saturated carbocycles. The van der Waals surface area contributed by atoms with Gasteiger partial charge in [0.15, 0.2) is 0 Å². The van der Waals surface area contributed by atoms with Crippen LogP contribution in [0.1, 0.15) is 11.3 Å². The van der Waals surface area contributed by atoms with Crippen molar-refractivity contribution in [3.05, 3.63) is 50.7 Å². The van der Waals surface area contributed by atoms with E-state index in [0.717, 1.165) is 26.3 Å². The van der Waals surface area contributed by atoms with E-state index < -0.39 is 5.97 Å². The van der Waals surface area contributed by atoms with E-state index in [1.165, 1.54) is 6.08 Å². The lowest BCUT2D eigenvalue weighted by atomic mass is 10.2. The highest BCUT2D eigenvalue weighted by Gasteiger charge is 2.09. The fourth-order valence-corrected chi connectivity index (χ4v) is 3.12. The number of nitrogens with zero attached hydrogens (tertiary/aromatic N) is 2. The molecule has 0 fully saturated rings. The second-order valence-electron chi connectivity index (χ2n) is 4.25. The van der Waals surface area contributed by atoms with Crippen molar-refractivity contribution in [1.29, 1.82) is 0 Å². The highest BCUT2D eigenvalue weighted by Crippen LogP contribution is 2.35. The van der Waals surface area contributed by atoms with Crippen LogP contribution in [0.15, 0.2) is 39.4 Å². The average Bonchev–Trinajstić information content (AvgIpc) is 2.81. The van der Waals surface area contributed by atoms with Gasteiger partial charge in [-0.3, -0.25) is 4.68 Å². The lowest BCUT2D eigenvalue weighted by molar-refractivity contribution is -0.131. The van der Waals surface area contributed by atoms with Gasteiger partial charge in [0.1, 0.15) is 12.4 Å². The van der Waals surface area contributed by atoms with Crippen molar-refractivity contribution in [3.63, 3.8) is 0 Å². The molecule has 0 aliphatic rings. The van der Waals surface area contributed by atoms with Crippen LogP contribution in [0.25, 0.3) is 6.08 Å². The first-order valence-corrected chi connectivity index (χ1v) is 7.55. The number of hydrogen-bond acceptors (Lipinski definition) is 3. The number of hydrogen-bond donors (Lipinski definition) is 1. The van der Waals surface area contributed by atoms with Gasteiger partial charge in [-0.1, -0.05) is 0 Å². The van der Waals surface area contributed by atoms with Gasteiger partial charge in [0.2, 0.25) is 0 Å². The lowest BCUT2D eigenvalue weighted by Crippen LogP contribution is -1.99. The number of aliphatic carboxylic acids is 1. The van der Waals surface area contributed by atoms with E-state index in [9.17, 15) is 4.79 Å². The molecular formula is C14H12Br2N2O3. The topological polar surface area (TPSA) is 64.3 Å². The molecule has 0 saturated heterocycles. The van der Waals surface area contributed by atoms with Crippen molar-refractivity contribution < 1.29 is 14.6 Å². The third-order valence-corrected chi connectivity index (χ3v) is 3.75. The van der Waals surface area contributed by atoms with Crippen molar-refractivity contribution in [2.75, 3.05) is 0 Å². The maximum absolute atomic E-state index is 10.5. The lowest BCUT2D eigenvalue weighted by Gasteiger charge is -2.10. The van der Waals surface area contributed by atoms with Crippen LogP contribution in [0.3, 0.4) is 0 Å². The minimum atomic E-state index is -0.988. The molecule has 0 radical (unpaired) electrons. The Bertz CT molecular complexity index is 672. The molecule has 21 heavy (non-hydrogen) atoms. The van der Waals surface area contributed by atoms with Gasteiger partial charge in [0.05, 0.1) is 14.6 Å². The normalized spacial score (nSPS) is 11.0. The van der Waals surface area contributed by atoms with E-state index in [4.69, 9.17) is 9.84 Å². The number of halogens is 2. The molecule has 2 rings (SSSR count). The van der Waals surface area contributed by atoms with Crippen molar-refractivity contribution >= 4 is 43.9 Å². The van der Waals surface area contributed by atoms with E-state index in [2.05, 4.69) is 37.0 Å². The molecular weight excluding hydrogens is 404 g/mol. The number of benzene rings is 1. The van der Waals surface area contributed by atoms with Crippen LogP contribution in [-0.4, -0.2) is 20.9 Å². The fourth-order valence-electron chi connectivity index (χ4n) is 1.67. The van der Waals surface area contributed by atoms with Gasteiger partial charge in [-0.25, -0.2) is 4.79 Å². The van der Waals surface area contributed by atoms with Crippen molar-refractivity contribution in [1.82, 2.24) is 9.78 Å². The number of rotatable bonds is 5. The molecule has 1 N–H and O–H groups in total. The number of carboxylic acid groups (broad SMARTS) is 1. The molecule has 1 aromatic heterocycles. The van der Waals surface area contributed by atoms with Gasteiger partial charge in [-0.05, 0) is 61.7 Å². The smallest absolute Gasteiger partial charge is 0.328 e. The highest BCUT2D eigenvalue weighted by molar-refractivity contribution is 9.11. The molecule has 0 spiro atoms. The van der Waals surface area contributed by atoms with E-state index in [-0.39, 0.29) is 0 Å². The number of aromatic nitrogens is 2. The summed E-state index contributed by atoms with van der Waals surface area (Å²) in [7, 11) is 1.85. The maximum atomic E-state index is 10.5. The zero-order valence-corrected chi connectivity index (χ0v) is 14.3. The standard InChI is InChI=1S/C14H12Br2N2O3/c1-18-5-4-10(17-18)8-21-14-11(15)6-9(7-12(14)16)2-3-13(19)20/h2-7H,8H2,1H3,(H,19,20)/b3-2+. The second kappa shape index (κ2) is 6.91. The summed E-state index contributed by atoms with van der Waals surface area (Å²) in [5, 5.41) is 12.9. The molecule has 0 unspecified atom stereocenters. The van der Waals surface area contributed by atoms with Crippen LogP contribution >= 0.6 is 31.9 Å². The summed E-state index contributed by atoms with van der Waals surface area (Å²) < 4.78 is 8.92. The molecule has 1 aromatic carbocycles. The Labute approximate surface area is 138 Å². The zero-order valence-electron chi connectivity index (χ0n) is 11.1. The Morgan fingerprint density at radius 1 is 1.43 bits per heavy atom. The zero-order chi connectivity index (χ0) is 15.4. The Hall–Kier alpha value is -1.60. The van der Waals surface area contributed by atoms with Crippen LogP contribution in [0, 0.1) is 0 Å². The number of carboxylic acids is 1. The highest BCUT2D eigenvalue weighted by atomic mass is 79.9. The number of aryl methyl sites for hydroxylation is 1. The van der Waals surface area contributed by atoms with Crippen molar-refractivity contribution in [2.45, 2.75) is 6.61 Å². The fraction of sp³-hybridized carbons (Fsp3) is 0.143. The largest absolute Gasteiger partial charge is 0.485 e. The molecule has 110 valence electrons. The first-order chi connectivity index (χ1) is 9.95. The van der Waals surface area contributed by atoms with Crippen molar-refractivity contribution in [2.24, 2.45) is 7.05 Å². The van der Waals surface area contributed by atoms with Gasteiger partial charge in [-0.15, -0.1) is 0 Å². The molecule has 0 aliphatic carbocycles. The summed E-state index contributed by atoms with van der Waals surface area (Å²) in [6.45, 7) is 0.350. The molecule has 0 bridgehead atoms. The second-order valence-corrected chi connectivity index (χ2v) is 5.96. The van der Waals surface area contributed by atoms with E-state index in [0.29, 0.717) is 12.4 Å². The van der Waals surface area contributed by atoms with Gasteiger partial charge in [0, 0.05) is 19.3 Å². The van der Waals surface area contributed by atoms with E-state index >= 15 is 0 Å². The molecule has 0 aliphatic heterocycles.